The van der Waals surface area contributed by atoms with Gasteiger partial charge in [0.2, 0.25) is 0 Å². The molecule has 72 heavy (non-hydrogen) atoms. The van der Waals surface area contributed by atoms with Crippen LogP contribution in [-0.2, 0) is 16.2 Å². The maximum atomic E-state index is 9.92. The number of anilines is 4. The Morgan fingerprint density at radius 3 is 1.86 bits per heavy atom. The zero-order chi connectivity index (χ0) is 57.0. The van der Waals surface area contributed by atoms with Gasteiger partial charge in [0.15, 0.2) is 0 Å². The summed E-state index contributed by atoms with van der Waals surface area (Å²) in [5.41, 5.74) is 9.52. The Morgan fingerprint density at radius 1 is 0.500 bits per heavy atom. The van der Waals surface area contributed by atoms with Crippen LogP contribution in [0.5, 0.6) is 11.5 Å². The zero-order valence-electron chi connectivity index (χ0n) is 50.5. The number of aryl methyl sites for hydroxylation is 1. The van der Waals surface area contributed by atoms with E-state index in [0.29, 0.717) is 39.4 Å². The number of hydrogen-bond acceptors (Lipinski definition) is 4. The first-order valence-electron chi connectivity index (χ1n) is 28.7. The van der Waals surface area contributed by atoms with Crippen molar-refractivity contribution < 1.29 is 15.7 Å². The van der Waals surface area contributed by atoms with Crippen molar-refractivity contribution in [1.29, 1.82) is 0 Å². The Hall–Kier alpha value is -7.89. The lowest BCUT2D eigenvalue weighted by atomic mass is 9.78. The number of ether oxygens (including phenoxy) is 1. The minimum absolute atomic E-state index is 0.0777. The Labute approximate surface area is 437 Å². The molecule has 5 nitrogen and oxygen atoms in total. The van der Waals surface area contributed by atoms with Crippen molar-refractivity contribution in [3.05, 3.63) is 216 Å². The van der Waals surface area contributed by atoms with Crippen molar-refractivity contribution in [2.24, 2.45) is 0 Å². The van der Waals surface area contributed by atoms with E-state index in [1.54, 1.807) is 30.3 Å². The van der Waals surface area contributed by atoms with E-state index >= 15 is 0 Å². The van der Waals surface area contributed by atoms with Crippen LogP contribution in [-0.4, -0.2) is 16.2 Å². The predicted molar refractivity (Wildman–Crippen MR) is 304 cm³/mol. The van der Waals surface area contributed by atoms with Gasteiger partial charge in [-0.15, -0.1) is 0 Å². The Kier molecular flexibility index (Phi) is 9.34. The zero-order valence-corrected chi connectivity index (χ0v) is 42.5. The SMILES string of the molecule is [2H]c1cc(-c2ccccc2C([2H])([2H])[2H])cc([2H])c1-c1c([2H])c([2H])c([2H])c(-c2cc(C(C)(C)C)cc(C(C)(C)C)c2)c1N1CN(c2cccc(Oc3ccc4c5ccccc5n(-c5cc(C(C)(C)C)ccn5)c4c3)c2)c2ccccc21. The average Bonchev–Trinajstić information content (AvgIpc) is 4.09. The summed E-state index contributed by atoms with van der Waals surface area (Å²) in [7, 11) is 0. The van der Waals surface area contributed by atoms with Crippen LogP contribution in [0.4, 0.5) is 22.7 Å². The smallest absolute Gasteiger partial charge is 0.137 e. The Morgan fingerprint density at radius 2 is 1.14 bits per heavy atom. The molecule has 0 unspecified atom stereocenters. The van der Waals surface area contributed by atoms with Crippen molar-refractivity contribution in [3.8, 4) is 50.7 Å². The fraction of sp³-hybridized carbons (Fsp3) is 0.209. The van der Waals surface area contributed by atoms with E-state index in [1.165, 1.54) is 11.6 Å². The molecule has 8 aromatic carbocycles. The quantitative estimate of drug-likeness (QED) is 0.152. The summed E-state index contributed by atoms with van der Waals surface area (Å²) in [6.07, 6.45) is 1.88. The number of para-hydroxylation sites is 4. The molecule has 358 valence electrons. The number of fused-ring (bicyclic) bond motifs is 4. The molecular formula is C67H64N4O. The van der Waals surface area contributed by atoms with E-state index in [9.17, 15) is 6.85 Å². The van der Waals surface area contributed by atoms with Crippen LogP contribution < -0.4 is 14.5 Å². The standard InChI is InChI=1S/C67H64N4O/c1-44-19-11-12-22-54(44)45-29-31-46(32-30-45)55-24-18-25-56(47-37-49(66(5,6)7)39-50(38-47)67(8,9)10)64(55)70-43-69(60-27-15-16-28-61(60)70)51-20-17-21-52(41-51)72-53-33-34-58-57-23-13-14-26-59(57)71(62(58)42-53)63-40-48(35-36-68-63)65(2,3)4/h11-42H,43H2,1-10H3/i1D3,18D,24D,25D,31D,32D. The minimum atomic E-state index is -2.46. The van der Waals surface area contributed by atoms with E-state index in [2.05, 4.69) is 137 Å². The Bertz CT molecular complexity index is 4050. The third kappa shape index (κ3) is 8.61. The number of aromatic nitrogens is 2. The lowest BCUT2D eigenvalue weighted by Crippen LogP contribution is -2.25. The summed E-state index contributed by atoms with van der Waals surface area (Å²) in [5, 5.41) is 2.19. The van der Waals surface area contributed by atoms with E-state index in [-0.39, 0.29) is 69.8 Å². The average molecular weight is 949 g/mol. The van der Waals surface area contributed by atoms with Gasteiger partial charge in [-0.25, -0.2) is 4.98 Å². The topological polar surface area (TPSA) is 33.5 Å². The van der Waals surface area contributed by atoms with Crippen molar-refractivity contribution in [3.63, 3.8) is 0 Å². The van der Waals surface area contributed by atoms with Gasteiger partial charge in [0.1, 0.15) is 24.0 Å². The van der Waals surface area contributed by atoms with Gasteiger partial charge in [0, 0.05) is 50.0 Å². The van der Waals surface area contributed by atoms with Crippen LogP contribution in [0.2, 0.25) is 0 Å². The van der Waals surface area contributed by atoms with E-state index < -0.39 is 6.85 Å². The Balaban J connectivity index is 1.07. The number of nitrogens with zero attached hydrogens (tertiary/aromatic N) is 4. The van der Waals surface area contributed by atoms with Gasteiger partial charge >= 0.3 is 0 Å². The number of benzene rings is 8. The van der Waals surface area contributed by atoms with Crippen molar-refractivity contribution in [2.45, 2.75) is 85.4 Å². The normalized spacial score (nSPS) is 14.8. The molecule has 5 heteroatoms. The summed E-state index contributed by atoms with van der Waals surface area (Å²) in [4.78, 5) is 9.08. The number of hydrogen-bond donors (Lipinski definition) is 0. The van der Waals surface area contributed by atoms with Gasteiger partial charge in [0.25, 0.3) is 0 Å². The highest BCUT2D eigenvalue weighted by Gasteiger charge is 2.32. The number of pyridine rings is 1. The van der Waals surface area contributed by atoms with E-state index in [0.717, 1.165) is 55.8 Å². The van der Waals surface area contributed by atoms with E-state index in [4.69, 9.17) is 13.8 Å². The molecule has 0 spiro atoms. The molecule has 0 radical (unpaired) electrons. The van der Waals surface area contributed by atoms with Crippen molar-refractivity contribution in [2.75, 3.05) is 16.5 Å². The molecule has 0 atom stereocenters. The lowest BCUT2D eigenvalue weighted by molar-refractivity contribution is 0.483. The minimum Gasteiger partial charge on any atom is -0.457 e. The predicted octanol–water partition coefficient (Wildman–Crippen LogP) is 18.4. The third-order valence-electron chi connectivity index (χ3n) is 13.9. The van der Waals surface area contributed by atoms with E-state index in [1.807, 2.05) is 66.9 Å². The molecular weight excluding hydrogens is 877 g/mol. The molecule has 0 bridgehead atoms. The molecule has 10 aromatic rings. The summed E-state index contributed by atoms with van der Waals surface area (Å²) in [6, 6.07) is 49.6. The molecule has 0 saturated carbocycles. The molecule has 0 N–H and O–H groups in total. The fourth-order valence-corrected chi connectivity index (χ4v) is 9.86. The second-order valence-corrected chi connectivity index (χ2v) is 22.0. The lowest BCUT2D eigenvalue weighted by Gasteiger charge is -2.29. The maximum absolute atomic E-state index is 9.92. The van der Waals surface area contributed by atoms with Gasteiger partial charge in [-0.2, -0.15) is 0 Å². The van der Waals surface area contributed by atoms with Gasteiger partial charge in [-0.1, -0.05) is 184 Å². The van der Waals surface area contributed by atoms with Crippen LogP contribution in [0.3, 0.4) is 0 Å². The highest BCUT2D eigenvalue weighted by atomic mass is 16.5. The van der Waals surface area contributed by atoms with Crippen LogP contribution in [0.1, 0.15) is 95.5 Å². The molecule has 2 aromatic heterocycles. The molecule has 0 saturated heterocycles. The van der Waals surface area contributed by atoms with Gasteiger partial charge < -0.3 is 14.5 Å². The molecule has 3 heterocycles. The molecule has 1 aliphatic heterocycles. The van der Waals surface area contributed by atoms with Crippen molar-refractivity contribution >= 4 is 44.6 Å². The second kappa shape index (κ2) is 17.8. The molecule has 0 amide bonds. The first-order valence-corrected chi connectivity index (χ1v) is 24.7. The van der Waals surface area contributed by atoms with Crippen LogP contribution in [0.25, 0.3) is 61.0 Å². The highest BCUT2D eigenvalue weighted by Crippen LogP contribution is 2.51. The van der Waals surface area contributed by atoms with Crippen LogP contribution in [0.15, 0.2) is 194 Å². The van der Waals surface area contributed by atoms with Crippen LogP contribution in [0, 0.1) is 6.85 Å². The summed E-state index contributed by atoms with van der Waals surface area (Å²) in [6.45, 7) is 17.2. The maximum Gasteiger partial charge on any atom is 0.137 e. The summed E-state index contributed by atoms with van der Waals surface area (Å²) in [5.74, 6) is 2.06. The number of rotatable bonds is 8. The fourth-order valence-electron chi connectivity index (χ4n) is 9.86. The first kappa shape index (κ1) is 37.9. The van der Waals surface area contributed by atoms with Gasteiger partial charge in [-0.05, 0) is 122 Å². The molecule has 11 rings (SSSR count). The van der Waals surface area contributed by atoms with Gasteiger partial charge in [-0.3, -0.25) is 4.57 Å². The summed E-state index contributed by atoms with van der Waals surface area (Å²) >= 11 is 0. The summed E-state index contributed by atoms with van der Waals surface area (Å²) < 4.78 is 82.8. The van der Waals surface area contributed by atoms with Gasteiger partial charge in [0.05, 0.1) is 34.9 Å². The third-order valence-corrected chi connectivity index (χ3v) is 13.9. The van der Waals surface area contributed by atoms with Crippen molar-refractivity contribution in [1.82, 2.24) is 9.55 Å². The second-order valence-electron chi connectivity index (χ2n) is 22.0. The molecule has 1 aliphatic rings. The largest absolute Gasteiger partial charge is 0.457 e. The van der Waals surface area contributed by atoms with Crippen LogP contribution >= 0.6 is 0 Å². The molecule has 0 aliphatic carbocycles. The monoisotopic (exact) mass is 949 g/mol. The highest BCUT2D eigenvalue weighted by molar-refractivity contribution is 6.09. The molecule has 0 fully saturated rings. The first-order chi connectivity index (χ1) is 37.8.